The molecule has 2 aliphatic carbocycles. The van der Waals surface area contributed by atoms with Crippen molar-refractivity contribution in [2.24, 2.45) is 11.8 Å². The molecule has 2 fully saturated rings. The lowest BCUT2D eigenvalue weighted by Gasteiger charge is -2.34. The maximum absolute atomic E-state index is 11.7. The van der Waals surface area contributed by atoms with Crippen LogP contribution in [0.5, 0.6) is 0 Å². The molecule has 2 unspecified atom stereocenters. The van der Waals surface area contributed by atoms with Gasteiger partial charge >= 0.3 is 11.9 Å². The van der Waals surface area contributed by atoms with E-state index in [0.717, 1.165) is 51.4 Å². The second-order valence-electron chi connectivity index (χ2n) is 6.37. The summed E-state index contributed by atoms with van der Waals surface area (Å²) < 4.78 is 5.08. The number of carboxylic acid groups (broad SMARTS) is 1. The topological polar surface area (TPSA) is 75.6 Å². The summed E-state index contributed by atoms with van der Waals surface area (Å²) in [6.07, 6.45) is 7.34. The van der Waals surface area contributed by atoms with Crippen molar-refractivity contribution in [2.75, 3.05) is 6.61 Å². The average Bonchev–Trinajstić information content (AvgIpc) is 2.48. The first-order valence-corrected chi connectivity index (χ1v) is 8.25. The number of rotatable bonds is 5. The van der Waals surface area contributed by atoms with E-state index in [1.54, 1.807) is 0 Å². The summed E-state index contributed by atoms with van der Waals surface area (Å²) >= 11 is 0. The molecule has 0 spiro atoms. The maximum atomic E-state index is 11.7. The van der Waals surface area contributed by atoms with Crippen LogP contribution in [0.2, 0.25) is 0 Å². The van der Waals surface area contributed by atoms with E-state index < -0.39 is 5.97 Å². The molecule has 0 aromatic rings. The number of ether oxygens (including phenoxy) is 1. The van der Waals surface area contributed by atoms with E-state index in [1.165, 1.54) is 0 Å². The third-order valence-electron chi connectivity index (χ3n) is 4.84. The Morgan fingerprint density at radius 2 is 1.76 bits per heavy atom. The Labute approximate surface area is 126 Å². The van der Waals surface area contributed by atoms with Gasteiger partial charge in [0.15, 0.2) is 0 Å². The van der Waals surface area contributed by atoms with Gasteiger partial charge < -0.3 is 15.2 Å². The maximum Gasteiger partial charge on any atom is 0.308 e. The second-order valence-corrected chi connectivity index (χ2v) is 6.37. The molecule has 0 aliphatic heterocycles. The molecule has 0 amide bonds. The van der Waals surface area contributed by atoms with Gasteiger partial charge in [-0.2, -0.15) is 0 Å². The Morgan fingerprint density at radius 3 is 2.38 bits per heavy atom. The predicted octanol–water partition coefficient (Wildman–Crippen LogP) is 2.34. The van der Waals surface area contributed by atoms with Crippen LogP contribution in [0.3, 0.4) is 0 Å². The number of carbonyl (C=O) groups excluding carboxylic acids is 1. The third-order valence-corrected chi connectivity index (χ3v) is 4.84. The van der Waals surface area contributed by atoms with E-state index in [0.29, 0.717) is 18.7 Å². The van der Waals surface area contributed by atoms with Crippen LogP contribution in [0.25, 0.3) is 0 Å². The first kappa shape index (κ1) is 16.3. The highest BCUT2D eigenvalue weighted by Gasteiger charge is 2.31. The normalized spacial score (nSPS) is 33.4. The highest BCUT2D eigenvalue weighted by molar-refractivity contribution is 5.72. The van der Waals surface area contributed by atoms with Crippen molar-refractivity contribution in [2.45, 2.75) is 70.4 Å². The van der Waals surface area contributed by atoms with Crippen LogP contribution in [0, 0.1) is 11.8 Å². The van der Waals surface area contributed by atoms with E-state index in [1.807, 2.05) is 6.92 Å². The smallest absolute Gasteiger partial charge is 0.308 e. The van der Waals surface area contributed by atoms with Crippen molar-refractivity contribution < 1.29 is 19.4 Å². The van der Waals surface area contributed by atoms with Crippen molar-refractivity contribution in [1.29, 1.82) is 0 Å². The molecule has 2 saturated carbocycles. The molecule has 2 atom stereocenters. The quantitative estimate of drug-likeness (QED) is 0.762. The number of nitrogens with one attached hydrogen (secondary N) is 1. The number of esters is 1. The van der Waals surface area contributed by atoms with Gasteiger partial charge in [0.25, 0.3) is 0 Å². The number of aliphatic carboxylic acids is 1. The van der Waals surface area contributed by atoms with Crippen molar-refractivity contribution >= 4 is 11.9 Å². The fraction of sp³-hybridized carbons (Fsp3) is 0.875. The van der Waals surface area contributed by atoms with Crippen LogP contribution >= 0.6 is 0 Å². The van der Waals surface area contributed by atoms with Crippen molar-refractivity contribution in [3.63, 3.8) is 0 Å². The monoisotopic (exact) mass is 297 g/mol. The minimum absolute atomic E-state index is 0.0560. The minimum Gasteiger partial charge on any atom is -0.481 e. The molecule has 2 aliphatic rings. The summed E-state index contributed by atoms with van der Waals surface area (Å²) in [7, 11) is 0. The zero-order chi connectivity index (χ0) is 15.2. The summed E-state index contributed by atoms with van der Waals surface area (Å²) in [5.41, 5.74) is 0. The molecular weight excluding hydrogens is 270 g/mol. The van der Waals surface area contributed by atoms with Gasteiger partial charge in [0.2, 0.25) is 0 Å². The highest BCUT2D eigenvalue weighted by Crippen LogP contribution is 2.29. The van der Waals surface area contributed by atoms with Crippen molar-refractivity contribution in [3.8, 4) is 0 Å². The van der Waals surface area contributed by atoms with Crippen LogP contribution in [0.1, 0.15) is 58.3 Å². The average molecular weight is 297 g/mol. The lowest BCUT2D eigenvalue weighted by atomic mass is 9.82. The molecule has 2 rings (SSSR count). The summed E-state index contributed by atoms with van der Waals surface area (Å²) in [6.45, 7) is 2.29. The summed E-state index contributed by atoms with van der Waals surface area (Å²) in [6, 6.07) is 0.747. The zero-order valence-corrected chi connectivity index (χ0v) is 12.8. The summed E-state index contributed by atoms with van der Waals surface area (Å²) in [5, 5.41) is 12.7. The van der Waals surface area contributed by atoms with Crippen LogP contribution in [0.15, 0.2) is 0 Å². The number of carbonyl (C=O) groups is 2. The summed E-state index contributed by atoms with van der Waals surface area (Å²) in [4.78, 5) is 22.8. The molecular formula is C16H27NO4. The van der Waals surface area contributed by atoms with Gasteiger partial charge in [0, 0.05) is 12.1 Å². The van der Waals surface area contributed by atoms with E-state index in [9.17, 15) is 9.59 Å². The predicted molar refractivity (Wildman–Crippen MR) is 78.9 cm³/mol. The fourth-order valence-corrected chi connectivity index (χ4v) is 3.65. The second kappa shape index (κ2) is 7.78. The number of hydrogen-bond acceptors (Lipinski definition) is 4. The zero-order valence-electron chi connectivity index (χ0n) is 12.8. The molecule has 0 bridgehead atoms. The van der Waals surface area contributed by atoms with Gasteiger partial charge in [0.1, 0.15) is 0 Å². The number of hydrogen-bond donors (Lipinski definition) is 2. The van der Waals surface area contributed by atoms with Crippen molar-refractivity contribution in [1.82, 2.24) is 5.32 Å². The Bertz CT molecular complexity index is 363. The molecule has 5 nitrogen and oxygen atoms in total. The van der Waals surface area contributed by atoms with Crippen LogP contribution < -0.4 is 5.32 Å². The molecule has 0 aromatic heterocycles. The Balaban J connectivity index is 1.73. The fourth-order valence-electron chi connectivity index (χ4n) is 3.65. The van der Waals surface area contributed by atoms with E-state index in [2.05, 4.69) is 5.32 Å². The van der Waals surface area contributed by atoms with Crippen molar-refractivity contribution in [3.05, 3.63) is 0 Å². The third kappa shape index (κ3) is 4.70. The van der Waals surface area contributed by atoms with Gasteiger partial charge in [0.05, 0.1) is 18.4 Å². The molecule has 0 aromatic carbocycles. The van der Waals surface area contributed by atoms with Gasteiger partial charge in [-0.05, 0) is 51.9 Å². The first-order valence-electron chi connectivity index (χ1n) is 8.25. The van der Waals surface area contributed by atoms with Crippen LogP contribution in [0.4, 0.5) is 0 Å². The Morgan fingerprint density at radius 1 is 1.05 bits per heavy atom. The molecule has 0 radical (unpaired) electrons. The molecule has 0 saturated heterocycles. The standard InChI is InChI=1S/C16H27NO4/c1-2-21-16(20)11-6-8-13(9-7-11)17-14-5-3-4-12(10-14)15(18)19/h11-14,17H,2-10H2,1H3,(H,18,19). The minimum atomic E-state index is -0.660. The van der Waals surface area contributed by atoms with Gasteiger partial charge in [-0.3, -0.25) is 9.59 Å². The lowest BCUT2D eigenvalue weighted by molar-refractivity contribution is -0.149. The number of carboxylic acids is 1. The molecule has 5 heteroatoms. The molecule has 21 heavy (non-hydrogen) atoms. The largest absolute Gasteiger partial charge is 0.481 e. The van der Waals surface area contributed by atoms with Crippen LogP contribution in [-0.4, -0.2) is 35.7 Å². The van der Waals surface area contributed by atoms with Crippen LogP contribution in [-0.2, 0) is 14.3 Å². The summed E-state index contributed by atoms with van der Waals surface area (Å²) in [5.74, 6) is -0.847. The molecule has 0 heterocycles. The molecule has 2 N–H and O–H groups in total. The Hall–Kier alpha value is -1.10. The van der Waals surface area contributed by atoms with E-state index in [-0.39, 0.29) is 17.8 Å². The lowest BCUT2D eigenvalue weighted by Crippen LogP contribution is -2.44. The highest BCUT2D eigenvalue weighted by atomic mass is 16.5. The SMILES string of the molecule is CCOC(=O)C1CCC(NC2CCCC(C(=O)O)C2)CC1. The Kier molecular flexibility index (Phi) is 6.03. The first-order chi connectivity index (χ1) is 10.1. The van der Waals surface area contributed by atoms with Gasteiger partial charge in [-0.1, -0.05) is 6.42 Å². The van der Waals surface area contributed by atoms with E-state index >= 15 is 0 Å². The van der Waals surface area contributed by atoms with E-state index in [4.69, 9.17) is 9.84 Å². The van der Waals surface area contributed by atoms with Gasteiger partial charge in [-0.15, -0.1) is 0 Å². The van der Waals surface area contributed by atoms with Gasteiger partial charge in [-0.25, -0.2) is 0 Å². The molecule has 120 valence electrons.